The fourth-order valence-electron chi connectivity index (χ4n) is 2.51. The van der Waals surface area contributed by atoms with Crippen molar-refractivity contribution in [1.82, 2.24) is 0 Å². The van der Waals surface area contributed by atoms with Crippen LogP contribution >= 0.6 is 11.6 Å². The van der Waals surface area contributed by atoms with E-state index in [-0.39, 0.29) is 11.2 Å². The molecular weight excluding hydrogens is 259 g/mol. The van der Waals surface area contributed by atoms with E-state index in [1.807, 2.05) is 13.8 Å². The van der Waals surface area contributed by atoms with Crippen LogP contribution in [0.5, 0.6) is 0 Å². The summed E-state index contributed by atoms with van der Waals surface area (Å²) in [6.07, 6.45) is 0. The highest BCUT2D eigenvalue weighted by molar-refractivity contribution is 6.23. The van der Waals surface area contributed by atoms with Crippen molar-refractivity contribution >= 4 is 11.6 Å². The van der Waals surface area contributed by atoms with Crippen molar-refractivity contribution in [2.75, 3.05) is 0 Å². The number of benzene rings is 2. The summed E-state index contributed by atoms with van der Waals surface area (Å²) in [5.41, 5.74) is 6.26. The van der Waals surface area contributed by atoms with E-state index >= 15 is 0 Å². The summed E-state index contributed by atoms with van der Waals surface area (Å²) in [5.74, 6) is -0.205. The fourth-order valence-corrected chi connectivity index (χ4v) is 3.09. The molecule has 0 aliphatic heterocycles. The summed E-state index contributed by atoms with van der Waals surface area (Å²) in [6, 6.07) is 9.35. The van der Waals surface area contributed by atoms with Gasteiger partial charge in [0.25, 0.3) is 0 Å². The SMILES string of the molecule is Cc1ccc(C)c(C(Cl)c2c(C)cc(F)cc2C)c1. The van der Waals surface area contributed by atoms with Gasteiger partial charge in [-0.3, -0.25) is 0 Å². The average molecular weight is 277 g/mol. The lowest BCUT2D eigenvalue weighted by Crippen LogP contribution is -2.03. The van der Waals surface area contributed by atoms with Crippen LogP contribution in [0.1, 0.15) is 38.8 Å². The topological polar surface area (TPSA) is 0 Å². The van der Waals surface area contributed by atoms with Crippen molar-refractivity contribution < 1.29 is 4.39 Å². The monoisotopic (exact) mass is 276 g/mol. The summed E-state index contributed by atoms with van der Waals surface area (Å²) >= 11 is 6.65. The van der Waals surface area contributed by atoms with E-state index < -0.39 is 0 Å². The lowest BCUT2D eigenvalue weighted by atomic mass is 9.92. The second-order valence-corrected chi connectivity index (χ2v) is 5.61. The number of hydrogen-bond acceptors (Lipinski definition) is 0. The van der Waals surface area contributed by atoms with Crippen molar-refractivity contribution in [3.05, 3.63) is 69.5 Å². The summed E-state index contributed by atoms with van der Waals surface area (Å²) in [7, 11) is 0. The predicted molar refractivity (Wildman–Crippen MR) is 79.5 cm³/mol. The highest BCUT2D eigenvalue weighted by atomic mass is 35.5. The van der Waals surface area contributed by atoms with Crippen LogP contribution in [0.2, 0.25) is 0 Å². The normalized spacial score (nSPS) is 12.5. The minimum Gasteiger partial charge on any atom is -0.207 e. The van der Waals surface area contributed by atoms with E-state index in [2.05, 4.69) is 32.0 Å². The third-order valence-electron chi connectivity index (χ3n) is 3.52. The Morgan fingerprint density at radius 1 is 0.895 bits per heavy atom. The third-order valence-corrected chi connectivity index (χ3v) is 3.97. The van der Waals surface area contributed by atoms with Crippen molar-refractivity contribution in [1.29, 1.82) is 0 Å². The highest BCUT2D eigenvalue weighted by Crippen LogP contribution is 2.35. The minimum absolute atomic E-state index is 0.205. The Balaban J connectivity index is 2.56. The Kier molecular flexibility index (Phi) is 3.96. The minimum atomic E-state index is -0.236. The molecule has 0 radical (unpaired) electrons. The second-order valence-electron chi connectivity index (χ2n) is 5.18. The van der Waals surface area contributed by atoms with Crippen LogP contribution in [0.3, 0.4) is 0 Å². The molecule has 1 atom stereocenters. The number of hydrogen-bond donors (Lipinski definition) is 0. The van der Waals surface area contributed by atoms with Crippen molar-refractivity contribution in [2.45, 2.75) is 33.1 Å². The van der Waals surface area contributed by atoms with Gasteiger partial charge < -0.3 is 0 Å². The maximum Gasteiger partial charge on any atom is 0.123 e. The van der Waals surface area contributed by atoms with E-state index in [1.54, 1.807) is 12.1 Å². The van der Waals surface area contributed by atoms with E-state index in [1.165, 1.54) is 5.56 Å². The third kappa shape index (κ3) is 2.82. The van der Waals surface area contributed by atoms with Crippen molar-refractivity contribution in [2.24, 2.45) is 0 Å². The van der Waals surface area contributed by atoms with Crippen molar-refractivity contribution in [3.63, 3.8) is 0 Å². The van der Waals surface area contributed by atoms with E-state index in [4.69, 9.17) is 11.6 Å². The molecule has 1 unspecified atom stereocenters. The largest absolute Gasteiger partial charge is 0.207 e. The van der Waals surface area contributed by atoms with E-state index in [0.717, 1.165) is 27.8 Å². The Bertz CT molecular complexity index is 594. The van der Waals surface area contributed by atoms with E-state index in [9.17, 15) is 4.39 Å². The summed E-state index contributed by atoms with van der Waals surface area (Å²) in [5, 5.41) is -0.236. The van der Waals surface area contributed by atoms with Gasteiger partial charge in [-0.15, -0.1) is 11.6 Å². The number of alkyl halides is 1. The molecule has 0 nitrogen and oxygen atoms in total. The molecule has 2 aromatic carbocycles. The molecule has 0 saturated carbocycles. The fraction of sp³-hybridized carbons (Fsp3) is 0.294. The van der Waals surface area contributed by atoms with Crippen molar-refractivity contribution in [3.8, 4) is 0 Å². The van der Waals surface area contributed by atoms with Gasteiger partial charge >= 0.3 is 0 Å². The molecule has 0 aliphatic rings. The first-order chi connectivity index (χ1) is 8.90. The van der Waals surface area contributed by atoms with Crippen LogP contribution in [0.15, 0.2) is 30.3 Å². The van der Waals surface area contributed by atoms with Crippen LogP contribution in [0.25, 0.3) is 0 Å². The zero-order valence-electron chi connectivity index (χ0n) is 11.7. The van der Waals surface area contributed by atoms with Crippen LogP contribution in [0, 0.1) is 33.5 Å². The number of aryl methyl sites for hydroxylation is 4. The first-order valence-corrected chi connectivity index (χ1v) is 6.81. The molecule has 0 N–H and O–H groups in total. The van der Waals surface area contributed by atoms with Gasteiger partial charge in [0.2, 0.25) is 0 Å². The van der Waals surface area contributed by atoms with Gasteiger partial charge in [-0.2, -0.15) is 0 Å². The second kappa shape index (κ2) is 5.34. The summed E-state index contributed by atoms with van der Waals surface area (Å²) < 4.78 is 13.4. The molecule has 0 heterocycles. The zero-order chi connectivity index (χ0) is 14.2. The molecule has 100 valence electrons. The Morgan fingerprint density at radius 3 is 2.05 bits per heavy atom. The smallest absolute Gasteiger partial charge is 0.123 e. The van der Waals surface area contributed by atoms with Gasteiger partial charge in [0.05, 0.1) is 5.38 Å². The Morgan fingerprint density at radius 2 is 1.47 bits per heavy atom. The Hall–Kier alpha value is -1.34. The molecule has 19 heavy (non-hydrogen) atoms. The molecule has 0 aromatic heterocycles. The van der Waals surface area contributed by atoms with Gasteiger partial charge in [0, 0.05) is 0 Å². The van der Waals surface area contributed by atoms with Gasteiger partial charge in [0.15, 0.2) is 0 Å². The molecular formula is C17H18ClF. The average Bonchev–Trinajstić information content (AvgIpc) is 2.30. The molecule has 0 fully saturated rings. The maximum atomic E-state index is 13.4. The first kappa shape index (κ1) is 14.1. The molecule has 2 rings (SSSR count). The molecule has 0 bridgehead atoms. The molecule has 2 aromatic rings. The molecule has 0 amide bonds. The van der Waals surface area contributed by atoms with Crippen LogP contribution < -0.4 is 0 Å². The lowest BCUT2D eigenvalue weighted by Gasteiger charge is -2.19. The predicted octanol–water partition coefficient (Wildman–Crippen LogP) is 5.39. The first-order valence-electron chi connectivity index (χ1n) is 6.38. The van der Waals surface area contributed by atoms with Gasteiger partial charge in [-0.1, -0.05) is 23.8 Å². The summed E-state index contributed by atoms with van der Waals surface area (Å²) in [4.78, 5) is 0. The lowest BCUT2D eigenvalue weighted by molar-refractivity contribution is 0.624. The van der Waals surface area contributed by atoms with Crippen LogP contribution in [0.4, 0.5) is 4.39 Å². The highest BCUT2D eigenvalue weighted by Gasteiger charge is 2.18. The molecule has 2 heteroatoms. The van der Waals surface area contributed by atoms with Crippen LogP contribution in [-0.2, 0) is 0 Å². The van der Waals surface area contributed by atoms with Gasteiger partial charge in [0.1, 0.15) is 5.82 Å². The zero-order valence-corrected chi connectivity index (χ0v) is 12.5. The number of rotatable bonds is 2. The molecule has 0 aliphatic carbocycles. The standard InChI is InChI=1S/C17H18ClF/c1-10-5-6-11(2)15(7-10)17(18)16-12(3)8-14(19)9-13(16)4/h5-9,17H,1-4H3. The van der Waals surface area contributed by atoms with Gasteiger partial charge in [-0.25, -0.2) is 4.39 Å². The molecule has 0 spiro atoms. The van der Waals surface area contributed by atoms with E-state index in [0.29, 0.717) is 0 Å². The quantitative estimate of drug-likeness (QED) is 0.645. The Labute approximate surface area is 119 Å². The van der Waals surface area contributed by atoms with Gasteiger partial charge in [-0.05, 0) is 67.6 Å². The number of halogens is 2. The van der Waals surface area contributed by atoms with Crippen LogP contribution in [-0.4, -0.2) is 0 Å². The maximum absolute atomic E-state index is 13.4. The summed E-state index contributed by atoms with van der Waals surface area (Å²) in [6.45, 7) is 7.92. The molecule has 0 saturated heterocycles.